The number of thioether (sulfide) groups is 5. The zero-order valence-electron chi connectivity index (χ0n) is 12.1. The minimum absolute atomic E-state index is 1.12. The molecule has 19 heavy (non-hydrogen) atoms. The summed E-state index contributed by atoms with van der Waals surface area (Å²) in [5, 5.41) is 0. The van der Waals surface area contributed by atoms with Crippen LogP contribution in [0.15, 0.2) is 24.3 Å². The molecule has 0 aromatic rings. The summed E-state index contributed by atoms with van der Waals surface area (Å²) in [5.74, 6) is 9.77. The summed E-state index contributed by atoms with van der Waals surface area (Å²) in [6, 6.07) is 0. The van der Waals surface area contributed by atoms with E-state index in [9.17, 15) is 0 Å². The molecule has 1 heterocycles. The lowest BCUT2D eigenvalue weighted by Crippen LogP contribution is -1.91. The summed E-state index contributed by atoms with van der Waals surface area (Å²) in [4.78, 5) is 0. The Balaban J connectivity index is 0.000000356. The monoisotopic (exact) mass is 354 g/mol. The summed E-state index contributed by atoms with van der Waals surface area (Å²) < 4.78 is 0. The number of hydrogen-bond acceptors (Lipinski definition) is 5. The molecule has 5 heteroatoms. The molecule has 0 atom stereocenters. The van der Waals surface area contributed by atoms with Gasteiger partial charge in [-0.15, -0.1) is 0 Å². The van der Waals surface area contributed by atoms with Gasteiger partial charge in [0.1, 0.15) is 0 Å². The second kappa shape index (κ2) is 15.6. The van der Waals surface area contributed by atoms with Gasteiger partial charge in [-0.3, -0.25) is 0 Å². The van der Waals surface area contributed by atoms with Gasteiger partial charge >= 0.3 is 0 Å². The highest BCUT2D eigenvalue weighted by atomic mass is 32.2. The van der Waals surface area contributed by atoms with E-state index in [1.54, 1.807) is 0 Å². The van der Waals surface area contributed by atoms with Crippen molar-refractivity contribution in [2.24, 2.45) is 0 Å². The van der Waals surface area contributed by atoms with Crippen LogP contribution >= 0.6 is 58.8 Å². The molecule has 1 fully saturated rings. The first-order valence-electron chi connectivity index (χ1n) is 6.25. The average Bonchev–Trinajstić information content (AvgIpc) is 2.64. The highest BCUT2D eigenvalue weighted by molar-refractivity contribution is 8.04. The smallest absolute Gasteiger partial charge is 0.0149 e. The quantitative estimate of drug-likeness (QED) is 0.463. The molecular weight excluding hydrogens is 328 g/mol. The van der Waals surface area contributed by atoms with Crippen molar-refractivity contribution in [2.75, 3.05) is 58.5 Å². The van der Waals surface area contributed by atoms with E-state index in [0.29, 0.717) is 0 Å². The lowest BCUT2D eigenvalue weighted by Gasteiger charge is -2.02. The van der Waals surface area contributed by atoms with Gasteiger partial charge in [0.2, 0.25) is 0 Å². The van der Waals surface area contributed by atoms with Gasteiger partial charge in [-0.2, -0.15) is 58.8 Å². The van der Waals surface area contributed by atoms with E-state index in [2.05, 4.69) is 25.7 Å². The fraction of sp³-hybridized carbons (Fsp3) is 0.714. The molecule has 0 unspecified atom stereocenters. The van der Waals surface area contributed by atoms with E-state index < -0.39 is 0 Å². The number of hydrogen-bond donors (Lipinski definition) is 0. The highest BCUT2D eigenvalue weighted by Crippen LogP contribution is 2.18. The predicted octanol–water partition coefficient (Wildman–Crippen LogP) is 5.02. The van der Waals surface area contributed by atoms with E-state index in [1.165, 1.54) is 45.7 Å². The van der Waals surface area contributed by atoms with Crippen LogP contribution in [-0.4, -0.2) is 58.5 Å². The average molecular weight is 355 g/mol. The van der Waals surface area contributed by atoms with Gasteiger partial charge in [-0.05, 0) is 12.5 Å². The van der Waals surface area contributed by atoms with Crippen molar-refractivity contribution in [3.8, 4) is 0 Å². The predicted molar refractivity (Wildman–Crippen MR) is 107 cm³/mol. The molecule has 0 saturated carbocycles. The molecular formula is C14H26S5. The first-order valence-corrected chi connectivity index (χ1v) is 12.5. The van der Waals surface area contributed by atoms with Gasteiger partial charge in [0, 0.05) is 46.0 Å². The molecule has 112 valence electrons. The van der Waals surface area contributed by atoms with Crippen LogP contribution in [0.2, 0.25) is 0 Å². The van der Waals surface area contributed by atoms with Gasteiger partial charge in [0.25, 0.3) is 0 Å². The third-order valence-electron chi connectivity index (χ3n) is 2.07. The molecule has 0 radical (unpaired) electrons. The fourth-order valence-corrected chi connectivity index (χ4v) is 5.65. The van der Waals surface area contributed by atoms with Crippen molar-refractivity contribution >= 4 is 58.8 Å². The molecule has 1 aliphatic rings. The van der Waals surface area contributed by atoms with Crippen LogP contribution in [0.1, 0.15) is 0 Å². The lowest BCUT2D eigenvalue weighted by molar-refractivity contribution is 1.44. The summed E-state index contributed by atoms with van der Waals surface area (Å²) in [7, 11) is 0. The van der Waals surface area contributed by atoms with E-state index in [-0.39, 0.29) is 0 Å². The highest BCUT2D eigenvalue weighted by Gasteiger charge is 2.00. The van der Waals surface area contributed by atoms with E-state index in [1.807, 2.05) is 58.8 Å². The normalized spacial score (nSPS) is 15.4. The Bertz CT molecular complexity index is 230. The Kier molecular flexibility index (Phi) is 16.6. The maximum absolute atomic E-state index is 3.99. The summed E-state index contributed by atoms with van der Waals surface area (Å²) >= 11 is 9.77. The zero-order valence-corrected chi connectivity index (χ0v) is 16.2. The third-order valence-corrected chi connectivity index (χ3v) is 7.21. The molecule has 1 saturated heterocycles. The van der Waals surface area contributed by atoms with Crippen LogP contribution in [0.3, 0.4) is 0 Å². The Morgan fingerprint density at radius 3 is 2.21 bits per heavy atom. The van der Waals surface area contributed by atoms with E-state index in [0.717, 1.165) is 11.5 Å². The molecule has 0 spiro atoms. The largest absolute Gasteiger partial charge is 0.165 e. The van der Waals surface area contributed by atoms with Crippen LogP contribution in [0.5, 0.6) is 0 Å². The Morgan fingerprint density at radius 1 is 1.05 bits per heavy atom. The van der Waals surface area contributed by atoms with Gasteiger partial charge < -0.3 is 0 Å². The fourth-order valence-electron chi connectivity index (χ4n) is 1.20. The molecule has 0 bridgehead atoms. The molecule has 0 amide bonds. The van der Waals surface area contributed by atoms with Crippen LogP contribution in [0.25, 0.3) is 0 Å². The standard InChI is InChI=1S/C8H16S3.C6H10S2/c1-8(6-10-3)7-11-5-4-9-2;1-6-4-7-2-3-8-5-6/h1,4-7H2,2-3H3;1-5H2. The van der Waals surface area contributed by atoms with Gasteiger partial charge in [0.15, 0.2) is 0 Å². The summed E-state index contributed by atoms with van der Waals surface area (Å²) in [6.07, 6.45) is 4.27. The first kappa shape index (κ1) is 20.2. The minimum Gasteiger partial charge on any atom is -0.165 e. The van der Waals surface area contributed by atoms with Gasteiger partial charge in [0.05, 0.1) is 0 Å². The van der Waals surface area contributed by atoms with Crippen molar-refractivity contribution in [1.29, 1.82) is 0 Å². The third kappa shape index (κ3) is 15.4. The van der Waals surface area contributed by atoms with Crippen LogP contribution < -0.4 is 0 Å². The molecule has 0 N–H and O–H groups in total. The second-order valence-electron chi connectivity index (χ2n) is 4.08. The Hall–Kier alpha value is 1.23. The number of rotatable bonds is 7. The van der Waals surface area contributed by atoms with Crippen molar-refractivity contribution in [1.82, 2.24) is 0 Å². The first-order chi connectivity index (χ1) is 9.20. The van der Waals surface area contributed by atoms with Crippen LogP contribution in [-0.2, 0) is 0 Å². The molecule has 0 aromatic heterocycles. The topological polar surface area (TPSA) is 0 Å². The maximum atomic E-state index is 3.99. The van der Waals surface area contributed by atoms with Crippen molar-refractivity contribution < 1.29 is 0 Å². The lowest BCUT2D eigenvalue weighted by atomic mass is 10.4. The second-order valence-corrected chi connectivity index (χ2v) is 9.25. The van der Waals surface area contributed by atoms with Crippen LogP contribution in [0.4, 0.5) is 0 Å². The van der Waals surface area contributed by atoms with E-state index >= 15 is 0 Å². The molecule has 0 nitrogen and oxygen atoms in total. The van der Waals surface area contributed by atoms with Gasteiger partial charge in [-0.25, -0.2) is 0 Å². The Morgan fingerprint density at radius 2 is 1.68 bits per heavy atom. The SMILES string of the molecule is C=C(CSC)CSCCSC.C=C1CSCCSC1. The molecule has 0 aromatic carbocycles. The van der Waals surface area contributed by atoms with Crippen molar-refractivity contribution in [2.45, 2.75) is 0 Å². The van der Waals surface area contributed by atoms with E-state index in [4.69, 9.17) is 0 Å². The van der Waals surface area contributed by atoms with Crippen LogP contribution in [0, 0.1) is 0 Å². The Labute approximate surface area is 141 Å². The van der Waals surface area contributed by atoms with Crippen molar-refractivity contribution in [3.63, 3.8) is 0 Å². The zero-order chi connectivity index (χ0) is 14.3. The summed E-state index contributed by atoms with van der Waals surface area (Å²) in [5.41, 5.74) is 2.76. The summed E-state index contributed by atoms with van der Waals surface area (Å²) in [6.45, 7) is 7.93. The van der Waals surface area contributed by atoms with Crippen molar-refractivity contribution in [3.05, 3.63) is 24.3 Å². The van der Waals surface area contributed by atoms with Gasteiger partial charge in [-0.1, -0.05) is 24.3 Å². The molecule has 0 aliphatic carbocycles. The molecule has 1 rings (SSSR count). The maximum Gasteiger partial charge on any atom is 0.0149 e. The minimum atomic E-state index is 1.12. The molecule has 1 aliphatic heterocycles.